The van der Waals surface area contributed by atoms with Crippen molar-refractivity contribution in [2.24, 2.45) is 5.84 Å². The number of hydrogen-bond acceptors (Lipinski definition) is 2. The summed E-state index contributed by atoms with van der Waals surface area (Å²) in [4.78, 5) is 0. The summed E-state index contributed by atoms with van der Waals surface area (Å²) >= 11 is 0. The van der Waals surface area contributed by atoms with Gasteiger partial charge in [0.1, 0.15) is 0 Å². The largest absolute Gasteiger partial charge is 0.271 e. The zero-order chi connectivity index (χ0) is 7.40. The highest BCUT2D eigenvalue weighted by Gasteiger charge is 1.92. The molecule has 0 amide bonds. The number of aromatic nitrogens is 1. The molecule has 4 heteroatoms. The highest BCUT2D eigenvalue weighted by atomic mass is 31.0. The summed E-state index contributed by atoms with van der Waals surface area (Å²) in [5, 5.41) is 0. The number of nitrogens with one attached hydrogen (secondary N) is 1. The van der Waals surface area contributed by atoms with Crippen molar-refractivity contribution >= 4 is 9.39 Å². The molecule has 0 fully saturated rings. The Morgan fingerprint density at radius 3 is 2.60 bits per heavy atom. The SMILES string of the molecule is NNCc1cc[n+](P)cc1. The van der Waals surface area contributed by atoms with Crippen molar-refractivity contribution in [3.05, 3.63) is 30.1 Å². The van der Waals surface area contributed by atoms with Gasteiger partial charge < -0.3 is 0 Å². The van der Waals surface area contributed by atoms with Crippen molar-refractivity contribution in [3.8, 4) is 0 Å². The van der Waals surface area contributed by atoms with E-state index in [1.54, 1.807) is 0 Å². The van der Waals surface area contributed by atoms with E-state index < -0.39 is 0 Å². The van der Waals surface area contributed by atoms with E-state index >= 15 is 0 Å². The van der Waals surface area contributed by atoms with Crippen LogP contribution in [0.25, 0.3) is 0 Å². The third-order valence-corrected chi connectivity index (χ3v) is 1.57. The molecular weight excluding hydrogens is 145 g/mol. The van der Waals surface area contributed by atoms with E-state index in [0.29, 0.717) is 6.54 Å². The highest BCUT2D eigenvalue weighted by Crippen LogP contribution is 1.93. The molecule has 1 heterocycles. The monoisotopic (exact) mass is 156 g/mol. The molecule has 1 unspecified atom stereocenters. The third kappa shape index (κ3) is 2.03. The third-order valence-electron chi connectivity index (χ3n) is 1.23. The van der Waals surface area contributed by atoms with Crippen molar-refractivity contribution in [3.63, 3.8) is 0 Å². The molecule has 0 radical (unpaired) electrons. The molecule has 3 N–H and O–H groups in total. The van der Waals surface area contributed by atoms with Crippen molar-refractivity contribution < 1.29 is 4.34 Å². The standard InChI is InChI=1S/C6H11N3P/c7-8-5-6-1-3-9(10)4-2-6/h1-4,8H,5,7,10H2/q+1. The summed E-state index contributed by atoms with van der Waals surface area (Å²) in [7, 11) is 2.55. The van der Waals surface area contributed by atoms with Crippen LogP contribution in [0.3, 0.4) is 0 Å². The molecular formula is C6H11N3P+. The van der Waals surface area contributed by atoms with Gasteiger partial charge >= 0.3 is 0 Å². The zero-order valence-electron chi connectivity index (χ0n) is 5.62. The average Bonchev–Trinajstić information content (AvgIpc) is 1.95. The summed E-state index contributed by atoms with van der Waals surface area (Å²) < 4.78 is 1.90. The van der Waals surface area contributed by atoms with Crippen LogP contribution in [0.4, 0.5) is 0 Å². The first-order chi connectivity index (χ1) is 4.83. The number of pyridine rings is 1. The summed E-state index contributed by atoms with van der Waals surface area (Å²) in [6.45, 7) is 0.714. The normalized spacial score (nSPS) is 9.80. The van der Waals surface area contributed by atoms with Crippen molar-refractivity contribution in [2.75, 3.05) is 0 Å². The Morgan fingerprint density at radius 2 is 2.10 bits per heavy atom. The van der Waals surface area contributed by atoms with E-state index in [9.17, 15) is 0 Å². The second-order valence-corrected chi connectivity index (χ2v) is 2.63. The number of rotatable bonds is 2. The Hall–Kier alpha value is -0.500. The van der Waals surface area contributed by atoms with Crippen LogP contribution in [0.5, 0.6) is 0 Å². The smallest absolute Gasteiger partial charge is 0.169 e. The van der Waals surface area contributed by atoms with Gasteiger partial charge in [0.2, 0.25) is 0 Å². The Morgan fingerprint density at radius 1 is 1.50 bits per heavy atom. The molecule has 1 rings (SSSR count). The molecule has 0 saturated heterocycles. The maximum Gasteiger partial charge on any atom is 0.169 e. The molecule has 0 aliphatic rings. The maximum atomic E-state index is 5.14. The van der Waals surface area contributed by atoms with Gasteiger partial charge in [0.05, 0.1) is 0 Å². The van der Waals surface area contributed by atoms with E-state index in [0.717, 1.165) is 0 Å². The lowest BCUT2D eigenvalue weighted by Gasteiger charge is -1.95. The Labute approximate surface area is 62.5 Å². The minimum absolute atomic E-state index is 0.714. The molecule has 1 aromatic heterocycles. The van der Waals surface area contributed by atoms with Crippen molar-refractivity contribution in [1.29, 1.82) is 0 Å². The lowest BCUT2D eigenvalue weighted by atomic mass is 10.3. The molecule has 0 saturated carbocycles. The summed E-state index contributed by atoms with van der Waals surface area (Å²) in [6.07, 6.45) is 3.91. The fourth-order valence-corrected chi connectivity index (χ4v) is 0.877. The van der Waals surface area contributed by atoms with Crippen LogP contribution in [-0.4, -0.2) is 0 Å². The summed E-state index contributed by atoms with van der Waals surface area (Å²) in [5.74, 6) is 5.14. The molecule has 0 spiro atoms. The van der Waals surface area contributed by atoms with Gasteiger partial charge in [0.15, 0.2) is 21.8 Å². The molecule has 10 heavy (non-hydrogen) atoms. The van der Waals surface area contributed by atoms with Gasteiger partial charge in [-0.15, -0.1) is 0 Å². The van der Waals surface area contributed by atoms with Crippen molar-refractivity contribution in [2.45, 2.75) is 6.54 Å². The lowest BCUT2D eigenvalue weighted by molar-refractivity contribution is -0.499. The van der Waals surface area contributed by atoms with Gasteiger partial charge in [-0.25, -0.2) is 0 Å². The fraction of sp³-hybridized carbons (Fsp3) is 0.167. The van der Waals surface area contributed by atoms with Gasteiger partial charge in [0, 0.05) is 18.7 Å². The molecule has 0 aromatic carbocycles. The molecule has 3 nitrogen and oxygen atoms in total. The quantitative estimate of drug-likeness (QED) is 0.347. The average molecular weight is 156 g/mol. The van der Waals surface area contributed by atoms with Gasteiger partial charge in [-0.2, -0.15) is 4.34 Å². The Balaban J connectivity index is 2.69. The molecule has 0 aliphatic carbocycles. The zero-order valence-corrected chi connectivity index (χ0v) is 6.77. The number of hydrazine groups is 1. The second kappa shape index (κ2) is 3.62. The Bertz CT molecular complexity index is 197. The summed E-state index contributed by atoms with van der Waals surface area (Å²) in [6, 6.07) is 4.01. The van der Waals surface area contributed by atoms with Crippen LogP contribution >= 0.6 is 9.39 Å². The highest BCUT2D eigenvalue weighted by molar-refractivity contribution is 7.07. The van der Waals surface area contributed by atoms with Crippen molar-refractivity contribution in [1.82, 2.24) is 5.43 Å². The molecule has 1 atom stereocenters. The first kappa shape index (κ1) is 7.61. The van der Waals surface area contributed by atoms with Crippen LogP contribution in [0, 0.1) is 0 Å². The predicted molar refractivity (Wildman–Crippen MR) is 42.8 cm³/mol. The van der Waals surface area contributed by atoms with Gasteiger partial charge in [0.25, 0.3) is 0 Å². The molecule has 0 aliphatic heterocycles. The second-order valence-electron chi connectivity index (χ2n) is 2.03. The van der Waals surface area contributed by atoms with E-state index in [1.807, 2.05) is 28.9 Å². The van der Waals surface area contributed by atoms with Crippen LogP contribution in [-0.2, 0) is 6.54 Å². The first-order valence-corrected chi connectivity index (χ1v) is 3.53. The van der Waals surface area contributed by atoms with Crippen LogP contribution in [0.15, 0.2) is 24.5 Å². The number of hydrogen-bond donors (Lipinski definition) is 2. The topological polar surface area (TPSA) is 41.9 Å². The Kier molecular flexibility index (Phi) is 2.75. The van der Waals surface area contributed by atoms with Gasteiger partial charge in [-0.3, -0.25) is 11.3 Å². The van der Waals surface area contributed by atoms with E-state index in [-0.39, 0.29) is 0 Å². The predicted octanol–water partition coefficient (Wildman–Crippen LogP) is -0.424. The minimum Gasteiger partial charge on any atom is -0.271 e. The maximum absolute atomic E-state index is 5.14. The minimum atomic E-state index is 0.714. The van der Waals surface area contributed by atoms with Gasteiger partial charge in [-0.05, 0) is 5.56 Å². The molecule has 1 aromatic rings. The number of nitrogens with zero attached hydrogens (tertiary/aromatic N) is 1. The van der Waals surface area contributed by atoms with Gasteiger partial charge in [-0.1, -0.05) is 0 Å². The van der Waals surface area contributed by atoms with Crippen LogP contribution < -0.4 is 15.6 Å². The van der Waals surface area contributed by atoms with E-state index in [1.165, 1.54) is 5.56 Å². The fourth-order valence-electron chi connectivity index (χ4n) is 0.705. The summed E-state index contributed by atoms with van der Waals surface area (Å²) in [5.41, 5.74) is 3.77. The van der Waals surface area contributed by atoms with Crippen LogP contribution in [0.2, 0.25) is 0 Å². The molecule has 0 bridgehead atoms. The van der Waals surface area contributed by atoms with Crippen LogP contribution in [0.1, 0.15) is 5.56 Å². The first-order valence-electron chi connectivity index (χ1n) is 3.01. The molecule has 54 valence electrons. The van der Waals surface area contributed by atoms with E-state index in [4.69, 9.17) is 5.84 Å². The number of nitrogens with two attached hydrogens (primary N) is 1. The van der Waals surface area contributed by atoms with E-state index in [2.05, 4.69) is 14.8 Å². The lowest BCUT2D eigenvalue weighted by Crippen LogP contribution is -2.22.